The Labute approximate surface area is 123 Å². The number of aromatic carboxylic acids is 1. The number of carboxylic acid groups (broad SMARTS) is 1. The van der Waals surface area contributed by atoms with Gasteiger partial charge in [0, 0.05) is 19.3 Å². The van der Waals surface area contributed by atoms with Crippen LogP contribution in [0, 0.1) is 0 Å². The zero-order valence-electron chi connectivity index (χ0n) is 11.9. The minimum Gasteiger partial charge on any atom is -0.478 e. The lowest BCUT2D eigenvalue weighted by atomic mass is 9.94. The fraction of sp³-hybridized carbons (Fsp3) is 0.429. The molecule has 0 aliphatic carbocycles. The lowest BCUT2D eigenvalue weighted by molar-refractivity contribution is -0.131. The molecule has 0 radical (unpaired) electrons. The van der Waals surface area contributed by atoms with Crippen LogP contribution < -0.4 is 0 Å². The highest BCUT2D eigenvalue weighted by molar-refractivity contribution is 7.92. The van der Waals surface area contributed by atoms with Crippen molar-refractivity contribution >= 4 is 21.7 Å². The van der Waals surface area contributed by atoms with Crippen molar-refractivity contribution in [1.82, 2.24) is 4.90 Å². The Kier molecular flexibility index (Phi) is 4.04. The van der Waals surface area contributed by atoms with Crippen LogP contribution in [0.25, 0.3) is 0 Å². The quantitative estimate of drug-likeness (QED) is 0.887. The molecule has 1 atom stereocenters. The Morgan fingerprint density at radius 1 is 1.33 bits per heavy atom. The summed E-state index contributed by atoms with van der Waals surface area (Å²) >= 11 is 0. The van der Waals surface area contributed by atoms with E-state index in [9.17, 15) is 23.1 Å². The molecule has 1 amide bonds. The van der Waals surface area contributed by atoms with Gasteiger partial charge < -0.3 is 10.0 Å². The number of carbonyl (C=O) groups excluding carboxylic acids is 1. The predicted octanol–water partition coefficient (Wildman–Crippen LogP) is 0.703. The maximum atomic E-state index is 12.2. The van der Waals surface area contributed by atoms with E-state index in [0.717, 1.165) is 11.8 Å². The molecule has 2 rings (SSSR count). The molecule has 0 spiro atoms. The molecule has 0 saturated heterocycles. The minimum absolute atomic E-state index is 0.135. The average molecular weight is 311 g/mol. The van der Waals surface area contributed by atoms with Gasteiger partial charge in [-0.25, -0.2) is 13.2 Å². The largest absolute Gasteiger partial charge is 0.478 e. The monoisotopic (exact) mass is 311 g/mol. The standard InChI is InChI=1S/C14H17NO5S/c1-9(21(2,19)20)13(16)15-7-6-10-4-3-5-11(14(17)18)12(10)8-15/h3-5,9H,6-8H2,1-2H3,(H,17,18). The van der Waals surface area contributed by atoms with Crippen LogP contribution in [0.4, 0.5) is 0 Å². The maximum Gasteiger partial charge on any atom is 0.336 e. The summed E-state index contributed by atoms with van der Waals surface area (Å²) in [4.78, 5) is 24.9. The van der Waals surface area contributed by atoms with Gasteiger partial charge in [-0.1, -0.05) is 12.1 Å². The van der Waals surface area contributed by atoms with Crippen LogP contribution in [0.5, 0.6) is 0 Å². The summed E-state index contributed by atoms with van der Waals surface area (Å²) in [7, 11) is -3.46. The number of carboxylic acids is 1. The topological polar surface area (TPSA) is 91.8 Å². The normalized spacial score (nSPS) is 16.2. The van der Waals surface area contributed by atoms with E-state index < -0.39 is 27.0 Å². The minimum atomic E-state index is -3.46. The summed E-state index contributed by atoms with van der Waals surface area (Å²) in [6.07, 6.45) is 1.55. The molecule has 6 nitrogen and oxygen atoms in total. The number of fused-ring (bicyclic) bond motifs is 1. The molecule has 0 saturated carbocycles. The van der Waals surface area contributed by atoms with E-state index in [1.165, 1.54) is 17.9 Å². The van der Waals surface area contributed by atoms with Crippen LogP contribution in [-0.2, 0) is 27.6 Å². The zero-order valence-corrected chi connectivity index (χ0v) is 12.7. The van der Waals surface area contributed by atoms with Crippen molar-refractivity contribution in [2.24, 2.45) is 0 Å². The molecule has 1 N–H and O–H groups in total. The molecule has 1 aromatic rings. The molecule has 114 valence electrons. The first-order valence-electron chi connectivity index (χ1n) is 6.53. The van der Waals surface area contributed by atoms with Gasteiger partial charge in [0.2, 0.25) is 5.91 Å². The van der Waals surface area contributed by atoms with Crippen LogP contribution in [0.15, 0.2) is 18.2 Å². The van der Waals surface area contributed by atoms with E-state index in [-0.39, 0.29) is 12.1 Å². The lowest BCUT2D eigenvalue weighted by Crippen LogP contribution is -2.44. The van der Waals surface area contributed by atoms with Crippen molar-refractivity contribution < 1.29 is 23.1 Å². The van der Waals surface area contributed by atoms with Gasteiger partial charge in [-0.3, -0.25) is 4.79 Å². The molecule has 1 aliphatic heterocycles. The van der Waals surface area contributed by atoms with Gasteiger partial charge in [0.1, 0.15) is 5.25 Å². The molecule has 7 heteroatoms. The van der Waals surface area contributed by atoms with E-state index in [0.29, 0.717) is 18.5 Å². The number of sulfone groups is 1. The second-order valence-electron chi connectivity index (χ2n) is 5.23. The molecule has 1 unspecified atom stereocenters. The smallest absolute Gasteiger partial charge is 0.336 e. The highest BCUT2D eigenvalue weighted by Gasteiger charge is 2.31. The zero-order chi connectivity index (χ0) is 15.8. The van der Waals surface area contributed by atoms with Crippen LogP contribution in [0.1, 0.15) is 28.4 Å². The molecule has 1 aromatic carbocycles. The van der Waals surface area contributed by atoms with E-state index in [4.69, 9.17) is 0 Å². The maximum absolute atomic E-state index is 12.2. The van der Waals surface area contributed by atoms with E-state index in [2.05, 4.69) is 0 Å². The van der Waals surface area contributed by atoms with E-state index in [1.54, 1.807) is 6.07 Å². The van der Waals surface area contributed by atoms with Gasteiger partial charge in [0.05, 0.1) is 5.56 Å². The number of benzene rings is 1. The number of amides is 1. The van der Waals surface area contributed by atoms with Gasteiger partial charge in [0.25, 0.3) is 0 Å². The van der Waals surface area contributed by atoms with Crippen molar-refractivity contribution in [2.45, 2.75) is 25.1 Å². The Hall–Kier alpha value is -1.89. The summed E-state index contributed by atoms with van der Waals surface area (Å²) in [6.45, 7) is 1.89. The Balaban J connectivity index is 2.31. The third-order valence-corrected chi connectivity index (χ3v) is 5.29. The van der Waals surface area contributed by atoms with Crippen LogP contribution in [-0.4, -0.2) is 48.4 Å². The first-order valence-corrected chi connectivity index (χ1v) is 8.49. The highest BCUT2D eigenvalue weighted by atomic mass is 32.2. The summed E-state index contributed by atoms with van der Waals surface area (Å²) in [5, 5.41) is 8.09. The molecule has 1 heterocycles. The number of hydrogen-bond acceptors (Lipinski definition) is 4. The second kappa shape index (κ2) is 5.48. The second-order valence-corrected chi connectivity index (χ2v) is 7.60. The summed E-state index contributed by atoms with van der Waals surface area (Å²) < 4.78 is 23.0. The van der Waals surface area contributed by atoms with Gasteiger partial charge in [-0.2, -0.15) is 0 Å². The first-order chi connectivity index (χ1) is 9.71. The first kappa shape index (κ1) is 15.5. The van der Waals surface area contributed by atoms with Gasteiger partial charge in [0.15, 0.2) is 9.84 Å². The molecule has 21 heavy (non-hydrogen) atoms. The summed E-state index contributed by atoms with van der Waals surface area (Å²) in [6, 6.07) is 5.01. The fourth-order valence-corrected chi connectivity index (χ4v) is 2.92. The average Bonchev–Trinajstić information content (AvgIpc) is 2.43. The Morgan fingerprint density at radius 3 is 2.57 bits per heavy atom. The third-order valence-electron chi connectivity index (χ3n) is 3.81. The molecular weight excluding hydrogens is 294 g/mol. The van der Waals surface area contributed by atoms with Crippen molar-refractivity contribution in [3.05, 3.63) is 34.9 Å². The highest BCUT2D eigenvalue weighted by Crippen LogP contribution is 2.24. The molecule has 0 fully saturated rings. The molecular formula is C14H17NO5S. The molecule has 1 aliphatic rings. The SMILES string of the molecule is CC(C(=O)N1CCc2cccc(C(=O)O)c2C1)S(C)(=O)=O. The van der Waals surface area contributed by atoms with E-state index >= 15 is 0 Å². The van der Waals surface area contributed by atoms with Crippen molar-refractivity contribution in [2.75, 3.05) is 12.8 Å². The van der Waals surface area contributed by atoms with Crippen LogP contribution >= 0.6 is 0 Å². The van der Waals surface area contributed by atoms with Crippen molar-refractivity contribution in [1.29, 1.82) is 0 Å². The van der Waals surface area contributed by atoms with Crippen LogP contribution in [0.3, 0.4) is 0 Å². The van der Waals surface area contributed by atoms with Gasteiger partial charge in [-0.15, -0.1) is 0 Å². The Morgan fingerprint density at radius 2 is 2.00 bits per heavy atom. The Bertz CT molecular complexity index is 695. The van der Waals surface area contributed by atoms with Crippen molar-refractivity contribution in [3.63, 3.8) is 0 Å². The van der Waals surface area contributed by atoms with Crippen LogP contribution in [0.2, 0.25) is 0 Å². The fourth-order valence-electron chi connectivity index (χ4n) is 2.41. The third kappa shape index (κ3) is 3.07. The number of carbonyl (C=O) groups is 2. The van der Waals surface area contributed by atoms with Gasteiger partial charge >= 0.3 is 5.97 Å². The predicted molar refractivity (Wildman–Crippen MR) is 76.8 cm³/mol. The number of hydrogen-bond donors (Lipinski definition) is 1. The van der Waals surface area contributed by atoms with Crippen molar-refractivity contribution in [3.8, 4) is 0 Å². The number of rotatable bonds is 3. The summed E-state index contributed by atoms with van der Waals surface area (Å²) in [5.74, 6) is -1.53. The summed E-state index contributed by atoms with van der Waals surface area (Å²) in [5.41, 5.74) is 1.65. The molecule has 0 aromatic heterocycles. The van der Waals surface area contributed by atoms with Gasteiger partial charge in [-0.05, 0) is 30.5 Å². The number of nitrogens with zero attached hydrogens (tertiary/aromatic N) is 1. The molecule has 0 bridgehead atoms. The van der Waals surface area contributed by atoms with E-state index in [1.807, 2.05) is 6.07 Å². The lowest BCUT2D eigenvalue weighted by Gasteiger charge is -2.31.